The third-order valence-corrected chi connectivity index (χ3v) is 2.88. The van der Waals surface area contributed by atoms with E-state index in [1.54, 1.807) is 42.5 Å². The first-order chi connectivity index (χ1) is 9.56. The van der Waals surface area contributed by atoms with Crippen LogP contribution in [0.25, 0.3) is 6.08 Å². The molecule has 0 spiro atoms. The number of benzene rings is 2. The Morgan fingerprint density at radius 2 is 1.85 bits per heavy atom. The number of allylic oxidation sites excluding steroid dienone is 1. The molecule has 0 atom stereocenters. The SMILES string of the molecule is O=C(C=Cc1ccc([N+](=O)[O-])cc1)c1cccc(Cl)c1. The van der Waals surface area contributed by atoms with Crippen LogP contribution in [0.3, 0.4) is 0 Å². The lowest BCUT2D eigenvalue weighted by molar-refractivity contribution is -0.384. The molecule has 5 heteroatoms. The smallest absolute Gasteiger partial charge is 0.269 e. The number of carbonyl (C=O) groups excluding carboxylic acids is 1. The average molecular weight is 288 g/mol. The quantitative estimate of drug-likeness (QED) is 0.367. The van der Waals surface area contributed by atoms with Gasteiger partial charge in [0.05, 0.1) is 4.92 Å². The molecule has 0 unspecified atom stereocenters. The van der Waals surface area contributed by atoms with Gasteiger partial charge < -0.3 is 0 Å². The topological polar surface area (TPSA) is 60.2 Å². The molecule has 0 heterocycles. The van der Waals surface area contributed by atoms with Gasteiger partial charge in [-0.05, 0) is 35.9 Å². The van der Waals surface area contributed by atoms with Crippen LogP contribution >= 0.6 is 11.6 Å². The van der Waals surface area contributed by atoms with Crippen molar-refractivity contribution in [1.82, 2.24) is 0 Å². The zero-order valence-electron chi connectivity index (χ0n) is 10.3. The summed E-state index contributed by atoms with van der Waals surface area (Å²) in [5.41, 5.74) is 1.23. The van der Waals surface area contributed by atoms with Crippen molar-refractivity contribution in [2.75, 3.05) is 0 Å². The highest BCUT2D eigenvalue weighted by molar-refractivity contribution is 6.31. The van der Waals surface area contributed by atoms with Gasteiger partial charge in [0.2, 0.25) is 0 Å². The number of nitro benzene ring substituents is 1. The highest BCUT2D eigenvalue weighted by Crippen LogP contribution is 2.14. The zero-order valence-corrected chi connectivity index (χ0v) is 11.1. The summed E-state index contributed by atoms with van der Waals surface area (Å²) in [4.78, 5) is 21.9. The van der Waals surface area contributed by atoms with Crippen LogP contribution < -0.4 is 0 Å². The lowest BCUT2D eigenvalue weighted by Gasteiger charge is -1.97. The Morgan fingerprint density at radius 3 is 2.45 bits per heavy atom. The second-order valence-electron chi connectivity index (χ2n) is 4.06. The predicted molar refractivity (Wildman–Crippen MR) is 77.9 cm³/mol. The second kappa shape index (κ2) is 6.12. The Bertz CT molecular complexity index is 678. The highest BCUT2D eigenvalue weighted by Gasteiger charge is 2.04. The molecule has 0 radical (unpaired) electrons. The maximum Gasteiger partial charge on any atom is 0.269 e. The van der Waals surface area contributed by atoms with E-state index in [9.17, 15) is 14.9 Å². The molecule has 2 rings (SSSR count). The fraction of sp³-hybridized carbons (Fsp3) is 0. The first kappa shape index (κ1) is 14.0. The normalized spacial score (nSPS) is 10.7. The van der Waals surface area contributed by atoms with Gasteiger partial charge in [-0.15, -0.1) is 0 Å². The van der Waals surface area contributed by atoms with Gasteiger partial charge in [-0.25, -0.2) is 0 Å². The van der Waals surface area contributed by atoms with Crippen LogP contribution in [0.1, 0.15) is 15.9 Å². The number of hydrogen-bond donors (Lipinski definition) is 0. The Kier molecular flexibility index (Phi) is 4.27. The van der Waals surface area contributed by atoms with E-state index in [4.69, 9.17) is 11.6 Å². The lowest BCUT2D eigenvalue weighted by atomic mass is 10.1. The van der Waals surface area contributed by atoms with E-state index >= 15 is 0 Å². The van der Waals surface area contributed by atoms with Crippen LogP contribution in [-0.4, -0.2) is 10.7 Å². The minimum atomic E-state index is -0.468. The molecule has 2 aromatic rings. The van der Waals surface area contributed by atoms with Crippen LogP contribution in [0, 0.1) is 10.1 Å². The molecule has 2 aromatic carbocycles. The van der Waals surface area contributed by atoms with E-state index < -0.39 is 4.92 Å². The van der Waals surface area contributed by atoms with Crippen molar-refractivity contribution >= 4 is 29.1 Å². The van der Waals surface area contributed by atoms with Crippen LogP contribution in [0.15, 0.2) is 54.6 Å². The lowest BCUT2D eigenvalue weighted by Crippen LogP contribution is -1.93. The van der Waals surface area contributed by atoms with Gasteiger partial charge in [-0.2, -0.15) is 0 Å². The molecule has 0 bridgehead atoms. The second-order valence-corrected chi connectivity index (χ2v) is 4.49. The minimum absolute atomic E-state index is 0.0170. The Balaban J connectivity index is 2.13. The minimum Gasteiger partial charge on any atom is -0.289 e. The molecule has 20 heavy (non-hydrogen) atoms. The molecule has 0 aliphatic rings. The van der Waals surface area contributed by atoms with Gasteiger partial charge >= 0.3 is 0 Å². The van der Waals surface area contributed by atoms with E-state index in [-0.39, 0.29) is 11.5 Å². The van der Waals surface area contributed by atoms with Gasteiger partial charge in [-0.3, -0.25) is 14.9 Å². The maximum atomic E-state index is 11.9. The third-order valence-electron chi connectivity index (χ3n) is 2.64. The molecule has 0 aromatic heterocycles. The summed E-state index contributed by atoms with van der Waals surface area (Å²) in [5.74, 6) is -0.175. The monoisotopic (exact) mass is 287 g/mol. The molecule has 4 nitrogen and oxygen atoms in total. The highest BCUT2D eigenvalue weighted by atomic mass is 35.5. The first-order valence-electron chi connectivity index (χ1n) is 5.79. The summed E-state index contributed by atoms with van der Waals surface area (Å²) >= 11 is 5.81. The fourth-order valence-electron chi connectivity index (χ4n) is 1.62. The number of non-ortho nitro benzene ring substituents is 1. The Hall–Kier alpha value is -2.46. The molecule has 0 fully saturated rings. The molecule has 0 aliphatic heterocycles. The summed E-state index contributed by atoms with van der Waals surface area (Å²) < 4.78 is 0. The molecule has 0 saturated carbocycles. The summed E-state index contributed by atoms with van der Waals surface area (Å²) in [7, 11) is 0. The van der Waals surface area contributed by atoms with Crippen molar-refractivity contribution < 1.29 is 9.72 Å². The van der Waals surface area contributed by atoms with Crippen LogP contribution in [0.4, 0.5) is 5.69 Å². The van der Waals surface area contributed by atoms with Crippen LogP contribution in [0.2, 0.25) is 5.02 Å². The maximum absolute atomic E-state index is 11.9. The molecule has 0 N–H and O–H groups in total. The number of hydrogen-bond acceptors (Lipinski definition) is 3. The third kappa shape index (κ3) is 3.52. The Labute approximate surface area is 120 Å². The average Bonchev–Trinajstić information content (AvgIpc) is 2.45. The van der Waals surface area contributed by atoms with E-state index in [2.05, 4.69) is 0 Å². The van der Waals surface area contributed by atoms with Gasteiger partial charge in [0.15, 0.2) is 5.78 Å². The van der Waals surface area contributed by atoms with E-state index in [1.807, 2.05) is 0 Å². The van der Waals surface area contributed by atoms with Gasteiger partial charge in [0, 0.05) is 22.7 Å². The predicted octanol–water partition coefficient (Wildman–Crippen LogP) is 4.14. The van der Waals surface area contributed by atoms with Crippen molar-refractivity contribution in [1.29, 1.82) is 0 Å². The van der Waals surface area contributed by atoms with E-state index in [0.717, 1.165) is 0 Å². The van der Waals surface area contributed by atoms with Gasteiger partial charge in [0.1, 0.15) is 0 Å². The van der Waals surface area contributed by atoms with Gasteiger partial charge in [0.25, 0.3) is 5.69 Å². The fourth-order valence-corrected chi connectivity index (χ4v) is 1.81. The van der Waals surface area contributed by atoms with Crippen molar-refractivity contribution in [2.45, 2.75) is 0 Å². The molecule has 0 saturated heterocycles. The van der Waals surface area contributed by atoms with Crippen molar-refractivity contribution in [3.8, 4) is 0 Å². The molecule has 100 valence electrons. The Morgan fingerprint density at radius 1 is 1.15 bits per heavy atom. The van der Waals surface area contributed by atoms with Crippen molar-refractivity contribution in [3.05, 3.63) is 80.9 Å². The van der Waals surface area contributed by atoms with E-state index in [0.29, 0.717) is 16.1 Å². The van der Waals surface area contributed by atoms with Crippen molar-refractivity contribution in [2.24, 2.45) is 0 Å². The van der Waals surface area contributed by atoms with E-state index in [1.165, 1.54) is 18.2 Å². The number of nitro groups is 1. The standard InChI is InChI=1S/C15H10ClNO3/c16-13-3-1-2-12(10-13)15(18)9-6-11-4-7-14(8-5-11)17(19)20/h1-10H. The number of nitrogens with zero attached hydrogens (tertiary/aromatic N) is 1. The number of ketones is 1. The summed E-state index contributed by atoms with van der Waals surface area (Å²) in [6, 6.07) is 12.6. The van der Waals surface area contributed by atoms with Crippen molar-refractivity contribution in [3.63, 3.8) is 0 Å². The van der Waals surface area contributed by atoms with Gasteiger partial charge in [-0.1, -0.05) is 29.8 Å². The summed E-state index contributed by atoms with van der Waals surface area (Å²) in [6.07, 6.45) is 3.01. The van der Waals surface area contributed by atoms with Crippen LogP contribution in [-0.2, 0) is 0 Å². The number of halogens is 1. The first-order valence-corrected chi connectivity index (χ1v) is 6.16. The number of rotatable bonds is 4. The molecular weight excluding hydrogens is 278 g/mol. The summed E-state index contributed by atoms with van der Waals surface area (Å²) in [5, 5.41) is 11.0. The van der Waals surface area contributed by atoms with Crippen LogP contribution in [0.5, 0.6) is 0 Å². The zero-order chi connectivity index (χ0) is 14.5. The molecule has 0 aliphatic carbocycles. The molecule has 0 amide bonds. The number of carbonyl (C=O) groups is 1. The summed E-state index contributed by atoms with van der Waals surface area (Å²) in [6.45, 7) is 0. The molecular formula is C15H10ClNO3. The largest absolute Gasteiger partial charge is 0.289 e.